The van der Waals surface area contributed by atoms with Crippen LogP contribution >= 0.6 is 22.7 Å². The van der Waals surface area contributed by atoms with Gasteiger partial charge in [0.15, 0.2) is 29.1 Å². The molecule has 12 aliphatic rings. The number of carbonyl (C=O) groups excluding carboxylic acids is 4. The minimum atomic E-state index is 0.118. The quantitative estimate of drug-likeness (QED) is 0.111. The molecule has 12 aliphatic heterocycles. The minimum absolute atomic E-state index is 0.118. The zero-order chi connectivity index (χ0) is 85.5. The highest BCUT2D eigenvalue weighted by Gasteiger charge is 2.43. The molecule has 24 rings (SSSR count). The van der Waals surface area contributed by atoms with Gasteiger partial charge in [-0.2, -0.15) is 20.4 Å². The smallest absolute Gasteiger partial charge is 0.227 e. The zero-order valence-corrected chi connectivity index (χ0v) is 74.0. The highest BCUT2D eigenvalue weighted by molar-refractivity contribution is 7.13. The van der Waals surface area contributed by atoms with Crippen LogP contribution in [0.1, 0.15) is 145 Å². The van der Waals surface area contributed by atoms with Crippen LogP contribution in [0.15, 0.2) is 115 Å². The maximum absolute atomic E-state index is 12.1. The number of nitrogens with one attached hydrogen (secondary N) is 1. The van der Waals surface area contributed by atoms with Gasteiger partial charge in [0.25, 0.3) is 0 Å². The van der Waals surface area contributed by atoms with E-state index in [4.69, 9.17) is 34.2 Å². The van der Waals surface area contributed by atoms with Crippen LogP contribution in [0.2, 0.25) is 0 Å². The molecule has 0 radical (unpaired) electrons. The second kappa shape index (κ2) is 34.2. The largest absolute Gasteiger partial charge is 0.377 e. The number of carbonyl (C=O) groups is 4. The number of amides is 4. The molecule has 0 atom stereocenters. The van der Waals surface area contributed by atoms with Gasteiger partial charge in [-0.1, -0.05) is 12.1 Å². The van der Waals surface area contributed by atoms with E-state index in [2.05, 4.69) is 147 Å². The summed E-state index contributed by atoms with van der Waals surface area (Å²) < 4.78 is 34.4. The third-order valence-corrected chi connectivity index (χ3v) is 28.7. The minimum Gasteiger partial charge on any atom is -0.377 e. The molecule has 8 aromatic heterocycles. The van der Waals surface area contributed by atoms with E-state index < -0.39 is 0 Å². The number of hydrogen-bond donors (Lipinski definition) is 1. The van der Waals surface area contributed by atoms with Crippen LogP contribution in [0.3, 0.4) is 0 Å². The van der Waals surface area contributed by atoms with Crippen molar-refractivity contribution in [2.45, 2.75) is 155 Å². The molecule has 20 heterocycles. The number of aryl methyl sites for hydroxylation is 6. The van der Waals surface area contributed by atoms with E-state index in [1.165, 1.54) is 106 Å². The molecule has 4 amide bonds. The summed E-state index contributed by atoms with van der Waals surface area (Å²) in [6.45, 7) is 21.8. The van der Waals surface area contributed by atoms with Crippen LogP contribution in [0.25, 0.3) is 43.7 Å². The van der Waals surface area contributed by atoms with E-state index in [9.17, 15) is 19.2 Å². The number of rotatable bonds is 12. The highest BCUT2D eigenvalue weighted by atomic mass is 32.1. The fraction of sp³-hybridized carbons (Fsp3) is 0.452. The van der Waals surface area contributed by atoms with Crippen LogP contribution in [0, 0.1) is 0 Å². The first-order valence-corrected chi connectivity index (χ1v) is 46.3. The van der Waals surface area contributed by atoms with E-state index in [1.807, 2.05) is 67.9 Å². The Bertz CT molecular complexity index is 5760. The van der Waals surface area contributed by atoms with Crippen molar-refractivity contribution in [2.24, 2.45) is 14.1 Å². The Labute approximate surface area is 739 Å². The van der Waals surface area contributed by atoms with Crippen molar-refractivity contribution >= 4 is 92.3 Å². The Kier molecular flexibility index (Phi) is 22.1. The Hall–Kier alpha value is -11.8. The van der Waals surface area contributed by atoms with E-state index >= 15 is 0 Å². The Morgan fingerprint density at radius 1 is 0.444 bits per heavy atom. The summed E-state index contributed by atoms with van der Waals surface area (Å²) in [7, 11) is 3.88. The Morgan fingerprint density at radius 2 is 0.881 bits per heavy atom. The van der Waals surface area contributed by atoms with Crippen LogP contribution in [-0.2, 0) is 130 Å². The van der Waals surface area contributed by atoms with Crippen molar-refractivity contribution in [1.82, 2.24) is 88.3 Å². The van der Waals surface area contributed by atoms with Crippen LogP contribution in [0.5, 0.6) is 0 Å². The summed E-state index contributed by atoms with van der Waals surface area (Å²) in [5.41, 5.74) is 27.7. The second-order valence-electron chi connectivity index (χ2n) is 35.1. The molecule has 652 valence electrons. The summed E-state index contributed by atoms with van der Waals surface area (Å²) in [4.78, 5) is 84.6. The van der Waals surface area contributed by atoms with Gasteiger partial charge in [-0.15, -0.1) is 32.5 Å². The van der Waals surface area contributed by atoms with Gasteiger partial charge < -0.3 is 62.7 Å². The predicted molar refractivity (Wildman–Crippen MR) is 478 cm³/mol. The van der Waals surface area contributed by atoms with Crippen molar-refractivity contribution in [3.8, 4) is 43.7 Å². The summed E-state index contributed by atoms with van der Waals surface area (Å²) in [5, 5.41) is 26.6. The van der Waals surface area contributed by atoms with Crippen molar-refractivity contribution in [3.05, 3.63) is 182 Å². The van der Waals surface area contributed by atoms with Crippen molar-refractivity contribution in [3.63, 3.8) is 0 Å². The van der Waals surface area contributed by atoms with Crippen molar-refractivity contribution in [1.29, 1.82) is 0 Å². The number of imidazole rings is 1. The molecular formula is C93H106N23O8S2+. The van der Waals surface area contributed by atoms with Gasteiger partial charge in [-0.05, 0) is 140 Å². The number of aromatic amines is 1. The fourth-order valence-electron chi connectivity index (χ4n) is 20.0. The standard InChI is InChI=1S/C24H28N6O2.C23H27N7O2.2C23H25N5O2S/c1-16(31)28-9-7-23-20(11-28)24(26-30(23)19-13-32-14-19)29-8-3-4-18-10-17(5-6-22(18)29)21-12-27(2)15-25-21;1-15(31)28-9-7-21-19(11-28)23(26-30(21)18-12-32-13-18)29-8-3-4-16-10-17(5-6-20(16)29)22-24-14-27(2)25-22;1-15(29)26-9-6-21-19(12-26)22(25-28(21)18-13-30-14-18)27-8-2-3-16-11-17(4-5-20(16)27)23-24-7-10-31-23;1-15(29)26-8-6-21-19(11-26)23(25-28(21)18-12-30-13-18)27-7-2-3-16-9-17(4-5-20(16)27)22-10-24-14-31-22/h5-6,10,12,15,19H,3-4,7-9,11,13-14H2,1-2H3;5-6,10,14,18H,3-4,7-9,11-13H2,1-2H3;4-5,7,10-11,18H,2-3,6,8-9,12-14H2,1H3;4-5,9-10,14,18H,2-3,6-8,11-13H2,1H3/p+1. The number of nitrogens with zero attached hydrogens (tertiary/aromatic N) is 22. The number of fused-ring (bicyclic) bond motifs is 8. The SMILES string of the molecule is CC(=O)N1CCc2c(c(N3CCCc4cc(-c5cn(C)cn5)ccc43)[nH][n+]2C2COC2)C1.CC(=O)N1CCc2c(c(N3CCCc4cc(-c5cncs5)ccc43)nn2C2COC2)C1.CC(=O)N1CCc2c(c(N3CCCc4cc(-c5nccs5)ccc43)nn2C2COC2)C1.CC(=O)N1CCc2c(c(N3CCCc4cc(-c5ncn(C)n5)ccc43)nn2C2COC2)C1. The molecule has 126 heavy (non-hydrogen) atoms. The predicted octanol–water partition coefficient (Wildman–Crippen LogP) is 11.6. The molecule has 33 heteroatoms. The van der Waals surface area contributed by atoms with Gasteiger partial charge in [0, 0.05) is 211 Å². The highest BCUT2D eigenvalue weighted by Crippen LogP contribution is 2.47. The molecule has 4 fully saturated rings. The summed E-state index contributed by atoms with van der Waals surface area (Å²) in [6, 6.07) is 27.8. The Balaban J connectivity index is 0.000000103. The number of hydrogen-bond acceptors (Lipinski definition) is 22. The summed E-state index contributed by atoms with van der Waals surface area (Å²) >= 11 is 3.34. The maximum Gasteiger partial charge on any atom is 0.227 e. The molecule has 0 unspecified atom stereocenters. The lowest BCUT2D eigenvalue weighted by Gasteiger charge is -2.33. The lowest BCUT2D eigenvalue weighted by Crippen LogP contribution is -2.55. The van der Waals surface area contributed by atoms with Crippen LogP contribution < -0.4 is 24.3 Å². The van der Waals surface area contributed by atoms with Crippen LogP contribution in [0.4, 0.5) is 46.0 Å². The van der Waals surface area contributed by atoms with Gasteiger partial charge in [0.05, 0.1) is 118 Å². The molecule has 1 N–H and O–H groups in total. The molecule has 4 saturated heterocycles. The molecular weight excluding hydrogens is 1630 g/mol. The van der Waals surface area contributed by atoms with E-state index in [0.29, 0.717) is 63.6 Å². The molecule has 0 aliphatic carbocycles. The Morgan fingerprint density at radius 3 is 1.30 bits per heavy atom. The first kappa shape index (κ1) is 81.3. The van der Waals surface area contributed by atoms with E-state index in [-0.39, 0.29) is 23.6 Å². The van der Waals surface area contributed by atoms with Gasteiger partial charge in [0.2, 0.25) is 35.4 Å². The molecule has 31 nitrogen and oxygen atoms in total. The average molecular weight is 1740 g/mol. The lowest BCUT2D eigenvalue weighted by molar-refractivity contribution is -0.795. The number of aromatic nitrogens is 15. The molecule has 0 saturated carbocycles. The van der Waals surface area contributed by atoms with Crippen molar-refractivity contribution in [2.75, 3.05) is 125 Å². The number of anilines is 8. The van der Waals surface area contributed by atoms with Crippen molar-refractivity contribution < 1.29 is 42.8 Å². The lowest BCUT2D eigenvalue weighted by atomic mass is 9.97. The first-order chi connectivity index (χ1) is 61.5. The normalized spacial score (nSPS) is 18.4. The molecule has 0 spiro atoms. The molecule has 4 aromatic carbocycles. The van der Waals surface area contributed by atoms with Crippen LogP contribution in [-0.4, -0.2) is 217 Å². The van der Waals surface area contributed by atoms with Gasteiger partial charge in [-0.3, -0.25) is 42.9 Å². The molecule has 12 aromatic rings. The summed E-state index contributed by atoms with van der Waals surface area (Å²) in [6.07, 6.45) is 21.4. The number of H-pyrrole nitrogens is 1. The third kappa shape index (κ3) is 15.4. The van der Waals surface area contributed by atoms with E-state index in [0.717, 1.165) is 220 Å². The number of ether oxygens (including phenoxy) is 4. The first-order valence-electron chi connectivity index (χ1n) is 44.6. The van der Waals surface area contributed by atoms with Gasteiger partial charge in [0.1, 0.15) is 24.5 Å². The zero-order valence-electron chi connectivity index (χ0n) is 72.3. The topological polar surface area (TPSA) is 279 Å². The maximum atomic E-state index is 12.1. The fourth-order valence-corrected chi connectivity index (χ4v) is 21.3. The molecule has 0 bridgehead atoms. The van der Waals surface area contributed by atoms with Gasteiger partial charge in [-0.25, -0.2) is 15.0 Å². The average Bonchev–Trinajstić information content (AvgIpc) is 1.62. The number of benzene rings is 4. The summed E-state index contributed by atoms with van der Waals surface area (Å²) in [5.74, 6) is 5.40. The second-order valence-corrected chi connectivity index (χ2v) is 36.9. The van der Waals surface area contributed by atoms with Gasteiger partial charge >= 0.3 is 0 Å². The third-order valence-electron chi connectivity index (χ3n) is 27.1. The van der Waals surface area contributed by atoms with E-state index in [1.54, 1.807) is 61.4 Å². The number of thiazole rings is 2. The monoisotopic (exact) mass is 1740 g/mol.